The Morgan fingerprint density at radius 3 is 2.74 bits per heavy atom. The topological polar surface area (TPSA) is 68.4 Å². The molecule has 6 nitrogen and oxygen atoms in total. The zero-order chi connectivity index (χ0) is 19.0. The number of carbonyl (C=O) groups excluding carboxylic acids is 1. The van der Waals surface area contributed by atoms with Gasteiger partial charge in [0, 0.05) is 6.54 Å². The lowest BCUT2D eigenvalue weighted by Gasteiger charge is -2.18. The molecule has 0 bridgehead atoms. The molecule has 4 aromatic rings. The molecule has 7 heteroatoms. The number of nitrogens with zero attached hydrogens (tertiary/aromatic N) is 3. The fraction of sp³-hybridized carbons (Fsp3) is 0.250. The maximum Gasteiger partial charge on any atom is 0.291 e. The van der Waals surface area contributed by atoms with E-state index in [9.17, 15) is 9.59 Å². The van der Waals surface area contributed by atoms with E-state index in [-0.39, 0.29) is 11.5 Å². The maximum atomic E-state index is 13.0. The molecule has 1 N–H and O–H groups in total. The number of hydrogen-bond donors (Lipinski definition) is 1. The molecular weight excluding hydrogens is 360 g/mol. The van der Waals surface area contributed by atoms with E-state index in [2.05, 4.69) is 10.4 Å². The average molecular weight is 380 g/mol. The minimum atomic E-state index is -0.641. The third kappa shape index (κ3) is 3.04. The first-order valence-corrected chi connectivity index (χ1v) is 9.78. The standard InChI is InChI=1S/C20H20N4O2S/c1-3-15(19(25)21-12-14-7-5-4-6-8-14)24-20(26)17-11-18-16(9-10-27-18)23(17)13(2)22-24/h4-11,15H,3,12H2,1-2H3,(H,21,25)/t15-/m1/s1. The molecule has 1 aromatic carbocycles. The van der Waals surface area contributed by atoms with Gasteiger partial charge in [0.15, 0.2) is 0 Å². The van der Waals surface area contributed by atoms with Gasteiger partial charge in [-0.2, -0.15) is 5.10 Å². The Bertz CT molecular complexity index is 1170. The van der Waals surface area contributed by atoms with Gasteiger partial charge in [-0.15, -0.1) is 11.3 Å². The summed E-state index contributed by atoms with van der Waals surface area (Å²) >= 11 is 1.59. The van der Waals surface area contributed by atoms with Crippen LogP contribution in [-0.4, -0.2) is 20.1 Å². The van der Waals surface area contributed by atoms with Gasteiger partial charge in [-0.3, -0.25) is 14.0 Å². The lowest BCUT2D eigenvalue weighted by atomic mass is 10.2. The molecule has 0 radical (unpaired) electrons. The number of thiophene rings is 1. The summed E-state index contributed by atoms with van der Waals surface area (Å²) in [6.45, 7) is 4.17. The number of aromatic nitrogens is 3. The molecule has 27 heavy (non-hydrogen) atoms. The molecule has 3 aromatic heterocycles. The second-order valence-electron chi connectivity index (χ2n) is 6.46. The highest BCUT2D eigenvalue weighted by Crippen LogP contribution is 2.24. The smallest absolute Gasteiger partial charge is 0.291 e. The molecule has 4 rings (SSSR count). The summed E-state index contributed by atoms with van der Waals surface area (Å²) in [5.41, 5.74) is 2.30. The van der Waals surface area contributed by atoms with Crippen LogP contribution in [0.2, 0.25) is 0 Å². The Labute approximate surface area is 160 Å². The highest BCUT2D eigenvalue weighted by molar-refractivity contribution is 7.17. The molecule has 138 valence electrons. The fourth-order valence-electron chi connectivity index (χ4n) is 3.38. The van der Waals surface area contributed by atoms with E-state index in [0.717, 1.165) is 15.8 Å². The van der Waals surface area contributed by atoms with Crippen molar-refractivity contribution in [2.45, 2.75) is 32.9 Å². The van der Waals surface area contributed by atoms with Crippen LogP contribution >= 0.6 is 11.3 Å². The van der Waals surface area contributed by atoms with E-state index in [1.54, 1.807) is 11.3 Å². The highest BCUT2D eigenvalue weighted by atomic mass is 32.1. The summed E-state index contributed by atoms with van der Waals surface area (Å²) in [5, 5.41) is 9.38. The van der Waals surface area contributed by atoms with Crippen molar-refractivity contribution in [3.63, 3.8) is 0 Å². The lowest BCUT2D eigenvalue weighted by molar-refractivity contribution is -0.125. The van der Waals surface area contributed by atoms with Crippen molar-refractivity contribution >= 4 is 33.0 Å². The zero-order valence-electron chi connectivity index (χ0n) is 15.2. The minimum Gasteiger partial charge on any atom is -0.350 e. The molecule has 3 heterocycles. The van der Waals surface area contributed by atoms with Gasteiger partial charge in [0.1, 0.15) is 17.4 Å². The average Bonchev–Trinajstić information content (AvgIpc) is 3.26. The van der Waals surface area contributed by atoms with Crippen LogP contribution in [0, 0.1) is 6.92 Å². The fourth-order valence-corrected chi connectivity index (χ4v) is 4.18. The Morgan fingerprint density at radius 1 is 1.22 bits per heavy atom. The van der Waals surface area contributed by atoms with Gasteiger partial charge in [-0.25, -0.2) is 4.68 Å². The monoisotopic (exact) mass is 380 g/mol. The second-order valence-corrected chi connectivity index (χ2v) is 7.41. The second kappa shape index (κ2) is 7.00. The quantitative estimate of drug-likeness (QED) is 0.578. The third-order valence-corrected chi connectivity index (χ3v) is 5.57. The summed E-state index contributed by atoms with van der Waals surface area (Å²) in [5.74, 6) is 0.486. The molecular formula is C20H20N4O2S. The van der Waals surface area contributed by atoms with Crippen molar-refractivity contribution in [2.24, 2.45) is 0 Å². The van der Waals surface area contributed by atoms with Crippen molar-refractivity contribution < 1.29 is 4.79 Å². The van der Waals surface area contributed by atoms with Crippen molar-refractivity contribution in [2.75, 3.05) is 0 Å². The normalized spacial score (nSPS) is 12.5. The van der Waals surface area contributed by atoms with Crippen LogP contribution in [0.25, 0.3) is 15.7 Å². The number of carbonyl (C=O) groups is 1. The summed E-state index contributed by atoms with van der Waals surface area (Å²) in [4.78, 5) is 25.8. The number of aryl methyl sites for hydroxylation is 1. The number of nitrogens with one attached hydrogen (secondary N) is 1. The van der Waals surface area contributed by atoms with E-state index in [4.69, 9.17) is 0 Å². The highest BCUT2D eigenvalue weighted by Gasteiger charge is 2.23. The molecule has 0 aliphatic carbocycles. The molecule has 0 unspecified atom stereocenters. The molecule has 0 aliphatic rings. The minimum absolute atomic E-state index is 0.201. The van der Waals surface area contributed by atoms with E-state index in [0.29, 0.717) is 24.3 Å². The van der Waals surface area contributed by atoms with Crippen LogP contribution in [-0.2, 0) is 11.3 Å². The number of fused-ring (bicyclic) bond motifs is 3. The molecule has 1 amide bonds. The summed E-state index contributed by atoms with van der Waals surface area (Å²) in [6.07, 6.45) is 0.484. The first-order chi connectivity index (χ1) is 13.1. The van der Waals surface area contributed by atoms with E-state index in [1.165, 1.54) is 4.68 Å². The molecule has 0 fully saturated rings. The number of amides is 1. The molecule has 0 spiro atoms. The molecule has 1 atom stereocenters. The Balaban J connectivity index is 1.69. The summed E-state index contributed by atoms with van der Waals surface area (Å²) in [7, 11) is 0. The first kappa shape index (κ1) is 17.5. The Kier molecular flexibility index (Phi) is 4.53. The summed E-state index contributed by atoms with van der Waals surface area (Å²) in [6, 6.07) is 12.9. The van der Waals surface area contributed by atoms with Gasteiger partial charge in [0.05, 0.1) is 10.2 Å². The van der Waals surface area contributed by atoms with Gasteiger partial charge < -0.3 is 5.32 Å². The van der Waals surface area contributed by atoms with E-state index < -0.39 is 6.04 Å². The van der Waals surface area contributed by atoms with Crippen molar-refractivity contribution in [1.29, 1.82) is 0 Å². The van der Waals surface area contributed by atoms with Crippen LogP contribution < -0.4 is 10.9 Å². The molecule has 0 aliphatic heterocycles. The number of benzene rings is 1. The van der Waals surface area contributed by atoms with Crippen LogP contribution in [0.5, 0.6) is 0 Å². The molecule has 0 saturated heterocycles. The Hall–Kier alpha value is -2.93. The van der Waals surface area contributed by atoms with Crippen LogP contribution in [0.15, 0.2) is 52.6 Å². The number of hydrogen-bond acceptors (Lipinski definition) is 4. The van der Waals surface area contributed by atoms with Gasteiger partial charge in [-0.05, 0) is 36.4 Å². The van der Waals surface area contributed by atoms with Gasteiger partial charge in [-0.1, -0.05) is 37.3 Å². The first-order valence-electron chi connectivity index (χ1n) is 8.90. The van der Waals surface area contributed by atoms with Gasteiger partial charge in [0.2, 0.25) is 5.91 Å². The van der Waals surface area contributed by atoms with Crippen molar-refractivity contribution in [1.82, 2.24) is 19.5 Å². The number of rotatable bonds is 5. The molecule has 0 saturated carbocycles. The maximum absolute atomic E-state index is 13.0. The van der Waals surface area contributed by atoms with E-state index >= 15 is 0 Å². The lowest BCUT2D eigenvalue weighted by Crippen LogP contribution is -2.39. The zero-order valence-corrected chi connectivity index (χ0v) is 16.0. The third-order valence-electron chi connectivity index (χ3n) is 4.72. The SMILES string of the molecule is CC[C@H](C(=O)NCc1ccccc1)n1nc(C)n2c(cc3sccc32)c1=O. The van der Waals surface area contributed by atoms with Crippen LogP contribution in [0.1, 0.15) is 30.8 Å². The van der Waals surface area contributed by atoms with Gasteiger partial charge >= 0.3 is 0 Å². The van der Waals surface area contributed by atoms with Crippen molar-refractivity contribution in [3.8, 4) is 0 Å². The van der Waals surface area contributed by atoms with Crippen molar-refractivity contribution in [3.05, 3.63) is 69.6 Å². The predicted octanol–water partition coefficient (Wildman–Crippen LogP) is 3.29. The van der Waals surface area contributed by atoms with Crippen LogP contribution in [0.3, 0.4) is 0 Å². The largest absolute Gasteiger partial charge is 0.350 e. The summed E-state index contributed by atoms with van der Waals surface area (Å²) < 4.78 is 4.23. The van der Waals surface area contributed by atoms with Crippen LogP contribution in [0.4, 0.5) is 0 Å². The Morgan fingerprint density at radius 2 is 2.00 bits per heavy atom. The van der Waals surface area contributed by atoms with Gasteiger partial charge in [0.25, 0.3) is 5.56 Å². The van der Waals surface area contributed by atoms with E-state index in [1.807, 2.05) is 66.1 Å². The predicted molar refractivity (Wildman–Crippen MR) is 107 cm³/mol.